The molecule has 39 heavy (non-hydrogen) atoms. The predicted octanol–water partition coefficient (Wildman–Crippen LogP) is 4.24. The van der Waals surface area contributed by atoms with Crippen molar-refractivity contribution in [3.05, 3.63) is 60.3 Å². The molecular weight excluding hydrogens is 555 g/mol. The molecule has 13 nitrogen and oxygen atoms in total. The number of rotatable bonds is 8. The zero-order valence-corrected chi connectivity index (χ0v) is 22.4. The Morgan fingerprint density at radius 2 is 1.85 bits per heavy atom. The summed E-state index contributed by atoms with van der Waals surface area (Å²) in [4.78, 5) is 37.7. The van der Waals surface area contributed by atoms with E-state index < -0.39 is 29.4 Å². The van der Waals surface area contributed by atoms with E-state index in [0.29, 0.717) is 5.56 Å². The van der Waals surface area contributed by atoms with Crippen molar-refractivity contribution < 1.29 is 23.7 Å². The average molecular weight is 577 g/mol. The average Bonchev–Trinajstić information content (AvgIpc) is 2.84. The molecule has 4 rings (SSSR count). The molecule has 1 fully saturated rings. The smallest absolute Gasteiger partial charge is 0.436 e. The predicted molar refractivity (Wildman–Crippen MR) is 137 cm³/mol. The van der Waals surface area contributed by atoms with Crippen molar-refractivity contribution in [1.82, 2.24) is 25.0 Å². The number of carbonyl (C=O) groups is 1. The highest BCUT2D eigenvalue weighted by molar-refractivity contribution is 6.37. The molecule has 1 aromatic carbocycles. The zero-order chi connectivity index (χ0) is 28.3. The quantitative estimate of drug-likeness (QED) is 0.300. The van der Waals surface area contributed by atoms with Crippen LogP contribution in [0, 0.1) is 11.3 Å². The van der Waals surface area contributed by atoms with Crippen LogP contribution in [0.3, 0.4) is 0 Å². The molecule has 2 heterocycles. The van der Waals surface area contributed by atoms with E-state index in [0.717, 1.165) is 23.9 Å². The molecule has 204 valence electrons. The van der Waals surface area contributed by atoms with Gasteiger partial charge in [0.1, 0.15) is 12.2 Å². The fourth-order valence-electron chi connectivity index (χ4n) is 3.42. The normalized spacial score (nSPS) is 13.8. The van der Waals surface area contributed by atoms with Gasteiger partial charge in [-0.2, -0.15) is 9.94 Å². The minimum atomic E-state index is -0.987. The molecule has 0 spiro atoms. The Bertz CT molecular complexity index is 1540. The lowest BCUT2D eigenvalue weighted by atomic mass is 9.96. The van der Waals surface area contributed by atoms with Crippen molar-refractivity contribution in [3.63, 3.8) is 0 Å². The number of nitrogens with zero attached hydrogens (tertiary/aromatic N) is 5. The first kappa shape index (κ1) is 27.9. The van der Waals surface area contributed by atoms with E-state index in [4.69, 9.17) is 47.4 Å². The van der Waals surface area contributed by atoms with E-state index in [1.165, 1.54) is 19.1 Å². The maximum Gasteiger partial charge on any atom is 0.511 e. The van der Waals surface area contributed by atoms with Gasteiger partial charge in [0.25, 0.3) is 5.56 Å². The highest BCUT2D eigenvalue weighted by Crippen LogP contribution is 2.38. The fraction of sp³-hybridized carbons (Fsp3) is 0.375. The van der Waals surface area contributed by atoms with Crippen LogP contribution in [0.2, 0.25) is 10.0 Å². The summed E-state index contributed by atoms with van der Waals surface area (Å²) < 4.78 is 22.5. The van der Waals surface area contributed by atoms with E-state index in [-0.39, 0.29) is 45.3 Å². The number of aromatic nitrogens is 5. The van der Waals surface area contributed by atoms with Crippen molar-refractivity contribution in [3.8, 4) is 29.3 Å². The second kappa shape index (κ2) is 11.7. The molecule has 0 radical (unpaired) electrons. The number of nitriles is 1. The largest absolute Gasteiger partial charge is 0.511 e. The van der Waals surface area contributed by atoms with Gasteiger partial charge in [0, 0.05) is 18.6 Å². The monoisotopic (exact) mass is 576 g/mol. The van der Waals surface area contributed by atoms with Crippen molar-refractivity contribution in [2.24, 2.45) is 0 Å². The molecule has 1 aliphatic carbocycles. The molecule has 2 aromatic heterocycles. The van der Waals surface area contributed by atoms with Crippen LogP contribution in [0.1, 0.15) is 57.2 Å². The molecule has 3 aromatic rings. The molecular formula is C24H22Cl2N6O7. The Balaban J connectivity index is 1.54. The van der Waals surface area contributed by atoms with Gasteiger partial charge >= 0.3 is 11.8 Å². The van der Waals surface area contributed by atoms with Crippen LogP contribution in [0.5, 0.6) is 17.5 Å². The van der Waals surface area contributed by atoms with E-state index in [1.54, 1.807) is 12.1 Å². The number of benzene rings is 1. The van der Waals surface area contributed by atoms with Crippen LogP contribution in [0.15, 0.2) is 27.8 Å². The molecule has 1 atom stereocenters. The fourth-order valence-corrected chi connectivity index (χ4v) is 3.97. The summed E-state index contributed by atoms with van der Waals surface area (Å²) in [5.41, 5.74) is -1.65. The van der Waals surface area contributed by atoms with Crippen LogP contribution >= 0.6 is 23.2 Å². The summed E-state index contributed by atoms with van der Waals surface area (Å²) in [6.45, 7) is 5.31. The highest BCUT2D eigenvalue weighted by atomic mass is 35.5. The summed E-state index contributed by atoms with van der Waals surface area (Å²) in [5.74, 6) is 0.0818. The van der Waals surface area contributed by atoms with E-state index in [9.17, 15) is 14.4 Å². The van der Waals surface area contributed by atoms with Gasteiger partial charge in [0.15, 0.2) is 5.75 Å². The zero-order valence-electron chi connectivity index (χ0n) is 20.9. The third-order valence-electron chi connectivity index (χ3n) is 5.61. The van der Waals surface area contributed by atoms with Gasteiger partial charge in [-0.25, -0.2) is 9.59 Å². The standard InChI is InChI=1S/C24H22Cl2N6O7/c1-11(2)15-9-19(29-30-22(15)36-12(3)37-24(35)38-14-5-4-6-14)39-20-16(25)7-13(8-17(20)26)32-23(34)28-21(33)18(10-27)31-32/h7-9,11-12,14H,4-6H2,1-3H3,(H,28,33,34). The molecule has 0 saturated heterocycles. The summed E-state index contributed by atoms with van der Waals surface area (Å²) in [5, 5.41) is 20.8. The van der Waals surface area contributed by atoms with Crippen molar-refractivity contribution in [2.75, 3.05) is 0 Å². The van der Waals surface area contributed by atoms with Gasteiger partial charge in [-0.15, -0.1) is 15.3 Å². The Morgan fingerprint density at radius 1 is 1.15 bits per heavy atom. The van der Waals surface area contributed by atoms with Gasteiger partial charge in [0.05, 0.1) is 15.7 Å². The maximum atomic E-state index is 12.2. The minimum absolute atomic E-state index is 0.00757. The lowest BCUT2D eigenvalue weighted by Crippen LogP contribution is -2.33. The van der Waals surface area contributed by atoms with Crippen molar-refractivity contribution >= 4 is 29.4 Å². The van der Waals surface area contributed by atoms with Gasteiger partial charge in [-0.05, 0) is 37.3 Å². The highest BCUT2D eigenvalue weighted by Gasteiger charge is 2.25. The third kappa shape index (κ3) is 6.47. The van der Waals surface area contributed by atoms with Gasteiger partial charge in [0.2, 0.25) is 23.7 Å². The lowest BCUT2D eigenvalue weighted by molar-refractivity contribution is -0.0762. The Kier molecular flexibility index (Phi) is 8.37. The molecule has 0 aliphatic heterocycles. The van der Waals surface area contributed by atoms with Gasteiger partial charge in [-0.3, -0.25) is 9.78 Å². The minimum Gasteiger partial charge on any atom is -0.436 e. The van der Waals surface area contributed by atoms with Crippen LogP contribution < -0.4 is 20.7 Å². The summed E-state index contributed by atoms with van der Waals surface area (Å²) in [6.07, 6.45) is 0.721. The molecule has 0 amide bonds. The first-order chi connectivity index (χ1) is 18.5. The van der Waals surface area contributed by atoms with Crippen LogP contribution in [0.4, 0.5) is 4.79 Å². The molecule has 1 unspecified atom stereocenters. The number of aromatic amines is 1. The van der Waals surface area contributed by atoms with Gasteiger partial charge < -0.3 is 18.9 Å². The van der Waals surface area contributed by atoms with E-state index in [2.05, 4.69) is 15.3 Å². The summed E-state index contributed by atoms with van der Waals surface area (Å²) in [7, 11) is 0. The number of H-pyrrole nitrogens is 1. The molecule has 15 heteroatoms. The number of hydrogen-bond donors (Lipinski definition) is 1. The summed E-state index contributed by atoms with van der Waals surface area (Å²) >= 11 is 12.7. The maximum absolute atomic E-state index is 12.2. The van der Waals surface area contributed by atoms with Crippen LogP contribution in [-0.2, 0) is 9.47 Å². The third-order valence-corrected chi connectivity index (χ3v) is 6.17. The first-order valence-electron chi connectivity index (χ1n) is 11.8. The van der Waals surface area contributed by atoms with Crippen LogP contribution in [-0.4, -0.2) is 43.5 Å². The number of hydrogen-bond acceptors (Lipinski definition) is 11. The SMILES string of the molecule is CC(OC(=O)OC1CCC1)Oc1nnc(Oc2c(Cl)cc(-n3nc(C#N)c(=O)[nH]c3=O)cc2Cl)cc1C(C)C. The lowest BCUT2D eigenvalue weighted by Gasteiger charge is -2.25. The molecule has 1 saturated carbocycles. The van der Waals surface area contributed by atoms with Crippen LogP contribution in [0.25, 0.3) is 5.69 Å². The molecule has 0 bridgehead atoms. The van der Waals surface area contributed by atoms with Gasteiger partial charge in [-0.1, -0.05) is 37.0 Å². The Morgan fingerprint density at radius 3 is 2.44 bits per heavy atom. The number of ether oxygens (including phenoxy) is 4. The summed E-state index contributed by atoms with van der Waals surface area (Å²) in [6, 6.07) is 5.79. The van der Waals surface area contributed by atoms with Crippen molar-refractivity contribution in [1.29, 1.82) is 5.26 Å². The number of halogens is 2. The Labute approximate surface area is 231 Å². The second-order valence-electron chi connectivity index (χ2n) is 8.79. The first-order valence-corrected chi connectivity index (χ1v) is 12.5. The molecule has 1 aliphatic rings. The molecule has 1 N–H and O–H groups in total. The van der Waals surface area contributed by atoms with Crippen molar-refractivity contribution in [2.45, 2.75) is 58.3 Å². The topological polar surface area (TPSA) is 171 Å². The van der Waals surface area contributed by atoms with E-state index in [1.807, 2.05) is 18.8 Å². The van der Waals surface area contributed by atoms with E-state index >= 15 is 0 Å². The Hall–Kier alpha value is -4.15. The second-order valence-corrected chi connectivity index (χ2v) is 9.61. The number of nitrogens with one attached hydrogen (secondary N) is 1. The number of carbonyl (C=O) groups excluding carboxylic acids is 1.